The van der Waals surface area contributed by atoms with Gasteiger partial charge < -0.3 is 14.6 Å². The first kappa shape index (κ1) is 19.4. The van der Waals surface area contributed by atoms with Gasteiger partial charge in [-0.15, -0.1) is 0 Å². The lowest BCUT2D eigenvalue weighted by Crippen LogP contribution is -2.29. The number of fused-ring (bicyclic) bond motifs is 3. The van der Waals surface area contributed by atoms with Crippen molar-refractivity contribution in [2.24, 2.45) is 4.99 Å². The van der Waals surface area contributed by atoms with E-state index in [0.717, 1.165) is 48.1 Å². The number of carboxylic acids is 1. The molecule has 0 unspecified atom stereocenters. The Kier molecular flexibility index (Phi) is 5.22. The summed E-state index contributed by atoms with van der Waals surface area (Å²) in [5.74, 6) is -0.613. The van der Waals surface area contributed by atoms with Crippen LogP contribution in [-0.4, -0.2) is 36.6 Å². The Morgan fingerprint density at radius 1 is 1.14 bits per heavy atom. The van der Waals surface area contributed by atoms with E-state index in [1.54, 1.807) is 36.4 Å². The summed E-state index contributed by atoms with van der Waals surface area (Å²) in [6.07, 6.45) is 4.00. The number of nitrogens with zero attached hydrogens (tertiary/aromatic N) is 1. The van der Waals surface area contributed by atoms with Crippen LogP contribution < -0.4 is 9.47 Å². The van der Waals surface area contributed by atoms with Crippen LogP contribution in [0.25, 0.3) is 0 Å². The van der Waals surface area contributed by atoms with Crippen molar-refractivity contribution >= 4 is 11.7 Å². The minimum absolute atomic E-state index is 0.0213. The highest BCUT2D eigenvalue weighted by Crippen LogP contribution is 2.45. The van der Waals surface area contributed by atoms with E-state index in [9.17, 15) is 13.6 Å². The molecule has 5 nitrogen and oxygen atoms in total. The van der Waals surface area contributed by atoms with Crippen LogP contribution in [0.1, 0.15) is 58.6 Å². The number of aliphatic imine (C=N–C) groups is 1. The maximum atomic E-state index is 12.9. The summed E-state index contributed by atoms with van der Waals surface area (Å²) >= 11 is 0. The Balaban J connectivity index is 1.85. The fourth-order valence-corrected chi connectivity index (χ4v) is 4.30. The van der Waals surface area contributed by atoms with Gasteiger partial charge in [0.2, 0.25) is 0 Å². The van der Waals surface area contributed by atoms with Crippen molar-refractivity contribution in [1.82, 2.24) is 0 Å². The number of hydrogen-bond donors (Lipinski definition) is 1. The molecular formula is C22H21F2NO4. The Labute approximate surface area is 167 Å². The quantitative estimate of drug-likeness (QED) is 0.776. The first-order chi connectivity index (χ1) is 14.0. The van der Waals surface area contributed by atoms with E-state index < -0.39 is 12.6 Å². The van der Waals surface area contributed by atoms with Crippen LogP contribution in [0, 0.1) is 0 Å². The molecule has 29 heavy (non-hydrogen) atoms. The highest BCUT2D eigenvalue weighted by molar-refractivity contribution is 6.15. The number of aromatic carboxylic acids is 1. The van der Waals surface area contributed by atoms with Crippen LogP contribution >= 0.6 is 0 Å². The zero-order valence-corrected chi connectivity index (χ0v) is 15.9. The molecule has 152 valence electrons. The number of alkyl halides is 2. The van der Waals surface area contributed by atoms with Gasteiger partial charge in [-0.25, -0.2) is 4.79 Å². The fourth-order valence-electron chi connectivity index (χ4n) is 4.30. The van der Waals surface area contributed by atoms with Gasteiger partial charge >= 0.3 is 12.6 Å². The first-order valence-electron chi connectivity index (χ1n) is 9.56. The molecule has 0 saturated heterocycles. The van der Waals surface area contributed by atoms with Crippen molar-refractivity contribution in [2.45, 2.75) is 44.3 Å². The number of carboxylic acid groups (broad SMARTS) is 1. The van der Waals surface area contributed by atoms with E-state index in [0.29, 0.717) is 0 Å². The van der Waals surface area contributed by atoms with Gasteiger partial charge in [0, 0.05) is 17.0 Å². The molecule has 4 rings (SSSR count). The summed E-state index contributed by atoms with van der Waals surface area (Å²) in [7, 11) is 1.41. The standard InChI is InChI=1S/C22H21F2NO4/c1-28-18-11-16-15(10-19(18)29-22(23)24)14-4-2-3-5-17(14)25-20(16)12-6-8-13(9-7-12)21(26)27/h6-11,14,17,22H,2-5H2,1H3,(H,26,27)/t14-,17-/m1/s1. The van der Waals surface area contributed by atoms with Gasteiger partial charge in [0.15, 0.2) is 11.5 Å². The zero-order chi connectivity index (χ0) is 20.5. The van der Waals surface area contributed by atoms with E-state index in [4.69, 9.17) is 19.6 Å². The minimum atomic E-state index is -2.94. The molecule has 1 saturated carbocycles. The molecule has 2 atom stereocenters. The van der Waals surface area contributed by atoms with Crippen molar-refractivity contribution < 1.29 is 28.2 Å². The van der Waals surface area contributed by atoms with Crippen LogP contribution in [0.3, 0.4) is 0 Å². The Bertz CT molecular complexity index is 956. The Morgan fingerprint density at radius 2 is 1.86 bits per heavy atom. The lowest BCUT2D eigenvalue weighted by molar-refractivity contribution is -0.0512. The second-order valence-corrected chi connectivity index (χ2v) is 7.29. The molecule has 0 aromatic heterocycles. The molecular weight excluding hydrogens is 380 g/mol. The van der Waals surface area contributed by atoms with Crippen molar-refractivity contribution in [2.75, 3.05) is 7.11 Å². The first-order valence-corrected chi connectivity index (χ1v) is 9.56. The molecule has 1 aliphatic heterocycles. The van der Waals surface area contributed by atoms with E-state index in [-0.39, 0.29) is 29.0 Å². The lowest BCUT2D eigenvalue weighted by Gasteiger charge is -2.35. The average Bonchev–Trinajstić information content (AvgIpc) is 2.72. The summed E-state index contributed by atoms with van der Waals surface area (Å²) in [5, 5.41) is 9.15. The van der Waals surface area contributed by atoms with Gasteiger partial charge in [-0.2, -0.15) is 8.78 Å². The summed E-state index contributed by atoms with van der Waals surface area (Å²) < 4.78 is 35.8. The molecule has 1 aliphatic carbocycles. The van der Waals surface area contributed by atoms with E-state index in [2.05, 4.69) is 0 Å². The lowest BCUT2D eigenvalue weighted by atomic mass is 9.75. The largest absolute Gasteiger partial charge is 0.493 e. The number of methoxy groups -OCH3 is 1. The Morgan fingerprint density at radius 3 is 2.52 bits per heavy atom. The van der Waals surface area contributed by atoms with E-state index in [1.165, 1.54) is 7.11 Å². The second kappa shape index (κ2) is 7.81. The Hall–Kier alpha value is -2.96. The van der Waals surface area contributed by atoms with Crippen molar-refractivity contribution in [3.63, 3.8) is 0 Å². The topological polar surface area (TPSA) is 68.1 Å². The van der Waals surface area contributed by atoms with Crippen LogP contribution in [-0.2, 0) is 0 Å². The molecule has 2 aliphatic rings. The molecule has 0 bridgehead atoms. The molecule has 1 fully saturated rings. The third kappa shape index (κ3) is 3.69. The SMILES string of the molecule is COc1cc2c(cc1OC(F)F)[C@H]1CCCC[C@H]1N=C2c1ccc(C(=O)O)cc1. The second-order valence-electron chi connectivity index (χ2n) is 7.29. The molecule has 1 heterocycles. The maximum Gasteiger partial charge on any atom is 0.387 e. The summed E-state index contributed by atoms with van der Waals surface area (Å²) in [4.78, 5) is 16.1. The van der Waals surface area contributed by atoms with Gasteiger partial charge in [-0.1, -0.05) is 25.0 Å². The van der Waals surface area contributed by atoms with Gasteiger partial charge in [0.05, 0.1) is 24.4 Å². The highest BCUT2D eigenvalue weighted by atomic mass is 19.3. The third-order valence-electron chi connectivity index (χ3n) is 5.64. The van der Waals surface area contributed by atoms with Crippen LogP contribution in [0.4, 0.5) is 8.78 Å². The molecule has 2 aromatic rings. The van der Waals surface area contributed by atoms with E-state index in [1.807, 2.05) is 0 Å². The number of ether oxygens (including phenoxy) is 2. The molecule has 7 heteroatoms. The number of hydrogen-bond acceptors (Lipinski definition) is 4. The normalized spacial score (nSPS) is 20.5. The van der Waals surface area contributed by atoms with Crippen LogP contribution in [0.15, 0.2) is 41.4 Å². The monoisotopic (exact) mass is 401 g/mol. The van der Waals surface area contributed by atoms with Crippen molar-refractivity contribution in [1.29, 1.82) is 0 Å². The molecule has 0 amide bonds. The van der Waals surface area contributed by atoms with Crippen molar-refractivity contribution in [3.05, 3.63) is 58.7 Å². The molecule has 0 radical (unpaired) electrons. The summed E-state index contributed by atoms with van der Waals surface area (Å²) in [5.41, 5.74) is 3.44. The maximum absolute atomic E-state index is 12.9. The molecule has 0 spiro atoms. The minimum Gasteiger partial charge on any atom is -0.493 e. The molecule has 1 N–H and O–H groups in total. The number of benzene rings is 2. The summed E-state index contributed by atoms with van der Waals surface area (Å²) in [6.45, 7) is -2.94. The van der Waals surface area contributed by atoms with Crippen LogP contribution in [0.5, 0.6) is 11.5 Å². The van der Waals surface area contributed by atoms with E-state index >= 15 is 0 Å². The third-order valence-corrected chi connectivity index (χ3v) is 5.64. The number of carbonyl (C=O) groups is 1. The van der Waals surface area contributed by atoms with Gasteiger partial charge in [0.1, 0.15) is 0 Å². The number of halogens is 2. The van der Waals surface area contributed by atoms with Crippen LogP contribution in [0.2, 0.25) is 0 Å². The zero-order valence-electron chi connectivity index (χ0n) is 15.9. The van der Waals surface area contributed by atoms with Gasteiger partial charge in [-0.3, -0.25) is 4.99 Å². The predicted molar refractivity (Wildman–Crippen MR) is 104 cm³/mol. The summed E-state index contributed by atoms with van der Waals surface area (Å²) in [6, 6.07) is 9.96. The highest BCUT2D eigenvalue weighted by Gasteiger charge is 2.35. The number of rotatable bonds is 5. The predicted octanol–water partition coefficient (Wildman–Crippen LogP) is 4.87. The molecule has 2 aromatic carbocycles. The average molecular weight is 401 g/mol. The smallest absolute Gasteiger partial charge is 0.387 e. The van der Waals surface area contributed by atoms with Gasteiger partial charge in [0.25, 0.3) is 0 Å². The van der Waals surface area contributed by atoms with Crippen molar-refractivity contribution in [3.8, 4) is 11.5 Å². The van der Waals surface area contributed by atoms with Gasteiger partial charge in [-0.05, 0) is 42.7 Å². The fraction of sp³-hybridized carbons (Fsp3) is 0.364.